The van der Waals surface area contributed by atoms with Crippen molar-refractivity contribution in [1.29, 1.82) is 0 Å². The molecule has 23 heavy (non-hydrogen) atoms. The Balaban J connectivity index is 1.78. The van der Waals surface area contributed by atoms with Crippen molar-refractivity contribution in [3.63, 3.8) is 0 Å². The van der Waals surface area contributed by atoms with Crippen molar-refractivity contribution < 1.29 is 19.1 Å². The molecule has 2 amide bonds. The van der Waals surface area contributed by atoms with E-state index in [1.165, 1.54) is 11.3 Å². The number of hydrogen-bond acceptors (Lipinski definition) is 5. The van der Waals surface area contributed by atoms with E-state index >= 15 is 0 Å². The lowest BCUT2D eigenvalue weighted by atomic mass is 10.1. The van der Waals surface area contributed by atoms with E-state index in [-0.39, 0.29) is 6.42 Å². The van der Waals surface area contributed by atoms with E-state index < -0.39 is 24.4 Å². The summed E-state index contributed by atoms with van der Waals surface area (Å²) in [6.07, 6.45) is -0.0525. The lowest BCUT2D eigenvalue weighted by Crippen LogP contribution is -2.33. The molecule has 1 heterocycles. The van der Waals surface area contributed by atoms with Crippen LogP contribution in [0, 0.1) is 0 Å². The van der Waals surface area contributed by atoms with Crippen LogP contribution in [0.4, 0.5) is 0 Å². The van der Waals surface area contributed by atoms with Gasteiger partial charge < -0.3 is 4.74 Å². The van der Waals surface area contributed by atoms with E-state index in [9.17, 15) is 14.4 Å². The third-order valence-electron chi connectivity index (χ3n) is 2.69. The lowest BCUT2D eigenvalue weighted by Gasteiger charge is -2.06. The summed E-state index contributed by atoms with van der Waals surface area (Å²) in [6.45, 7) is -0.530. The number of imide groups is 1. The van der Waals surface area contributed by atoms with Crippen molar-refractivity contribution in [2.45, 2.75) is 6.42 Å². The normalized spacial score (nSPS) is 10.2. The van der Waals surface area contributed by atoms with Gasteiger partial charge in [0.2, 0.25) is 0 Å². The van der Waals surface area contributed by atoms with E-state index in [0.717, 1.165) is 0 Å². The number of rotatable bonds is 5. The molecule has 0 radical (unpaired) electrons. The van der Waals surface area contributed by atoms with Crippen LogP contribution in [0.1, 0.15) is 15.2 Å². The predicted octanol–water partition coefficient (Wildman–Crippen LogP) is 3.10. The molecular weight excluding hydrogens is 361 g/mol. The van der Waals surface area contributed by atoms with Gasteiger partial charge in [-0.3, -0.25) is 19.7 Å². The molecule has 0 atom stereocenters. The highest BCUT2D eigenvalue weighted by atomic mass is 35.5. The fourth-order valence-electron chi connectivity index (χ4n) is 1.65. The zero-order chi connectivity index (χ0) is 16.8. The van der Waals surface area contributed by atoms with Crippen molar-refractivity contribution in [2.24, 2.45) is 0 Å². The number of thiophene rings is 1. The molecular formula is C15H11Cl2NO4S. The van der Waals surface area contributed by atoms with Gasteiger partial charge in [0.05, 0.1) is 21.3 Å². The Labute approximate surface area is 146 Å². The number of hydrogen-bond donors (Lipinski definition) is 1. The van der Waals surface area contributed by atoms with E-state index in [2.05, 4.69) is 5.32 Å². The van der Waals surface area contributed by atoms with Crippen molar-refractivity contribution >= 4 is 52.3 Å². The minimum Gasteiger partial charge on any atom is -0.455 e. The quantitative estimate of drug-likeness (QED) is 0.819. The minimum absolute atomic E-state index is 0.0525. The Hall–Kier alpha value is -1.89. The number of carbonyl (C=O) groups excluding carboxylic acids is 3. The average Bonchev–Trinajstić information content (AvgIpc) is 3.03. The zero-order valence-corrected chi connectivity index (χ0v) is 14.0. The third-order valence-corrected chi connectivity index (χ3v) is 4.30. The largest absolute Gasteiger partial charge is 0.455 e. The molecule has 0 aliphatic carbocycles. The van der Waals surface area contributed by atoms with Crippen molar-refractivity contribution in [3.8, 4) is 0 Å². The Kier molecular flexibility index (Phi) is 6.15. The summed E-state index contributed by atoms with van der Waals surface area (Å²) in [7, 11) is 0. The standard InChI is InChI=1S/C15H11Cl2NO4S/c16-10-4-3-9(6-11(10)17)7-14(20)22-8-13(19)18-15(21)12-2-1-5-23-12/h1-6H,7-8H2,(H,18,19,21). The van der Waals surface area contributed by atoms with Crippen LogP contribution in [0.15, 0.2) is 35.7 Å². The maximum absolute atomic E-state index is 11.7. The van der Waals surface area contributed by atoms with Crippen molar-refractivity contribution in [3.05, 3.63) is 56.2 Å². The van der Waals surface area contributed by atoms with Crippen LogP contribution in [-0.4, -0.2) is 24.4 Å². The monoisotopic (exact) mass is 371 g/mol. The molecule has 0 unspecified atom stereocenters. The molecule has 0 aliphatic rings. The second-order valence-electron chi connectivity index (χ2n) is 4.44. The molecule has 0 saturated carbocycles. The Bertz CT molecular complexity index is 731. The second-order valence-corrected chi connectivity index (χ2v) is 6.20. The smallest absolute Gasteiger partial charge is 0.310 e. The molecule has 8 heteroatoms. The van der Waals surface area contributed by atoms with Gasteiger partial charge in [-0.25, -0.2) is 0 Å². The molecule has 0 fully saturated rings. The number of esters is 1. The summed E-state index contributed by atoms with van der Waals surface area (Å²) in [5.41, 5.74) is 0.611. The van der Waals surface area contributed by atoms with E-state index in [1.807, 2.05) is 0 Å². The molecule has 1 aromatic heterocycles. The van der Waals surface area contributed by atoms with Crippen molar-refractivity contribution in [2.75, 3.05) is 6.61 Å². The number of halogens is 2. The first-order chi connectivity index (χ1) is 11.0. The molecule has 5 nitrogen and oxygen atoms in total. The maximum Gasteiger partial charge on any atom is 0.310 e. The van der Waals surface area contributed by atoms with Gasteiger partial charge in [0, 0.05) is 0 Å². The van der Waals surface area contributed by atoms with Gasteiger partial charge in [-0.15, -0.1) is 11.3 Å². The van der Waals surface area contributed by atoms with Crippen LogP contribution in [0.5, 0.6) is 0 Å². The topological polar surface area (TPSA) is 72.5 Å². The van der Waals surface area contributed by atoms with Gasteiger partial charge in [-0.1, -0.05) is 35.3 Å². The van der Waals surface area contributed by atoms with Crippen molar-refractivity contribution in [1.82, 2.24) is 5.32 Å². The van der Waals surface area contributed by atoms with Gasteiger partial charge in [0.25, 0.3) is 11.8 Å². The SMILES string of the molecule is O=C(COC(=O)Cc1ccc(Cl)c(Cl)c1)NC(=O)c1cccs1. The molecule has 0 bridgehead atoms. The van der Waals surface area contributed by atoms with Crippen LogP contribution in [0.2, 0.25) is 10.0 Å². The highest BCUT2D eigenvalue weighted by molar-refractivity contribution is 7.12. The molecule has 0 spiro atoms. The summed E-state index contributed by atoms with van der Waals surface area (Å²) in [4.78, 5) is 35.3. The average molecular weight is 372 g/mol. The van der Waals surface area contributed by atoms with Gasteiger partial charge >= 0.3 is 5.97 Å². The summed E-state index contributed by atoms with van der Waals surface area (Å²) in [6, 6.07) is 8.03. The van der Waals surface area contributed by atoms with Crippen LogP contribution < -0.4 is 5.32 Å². The Morgan fingerprint density at radius 1 is 1.13 bits per heavy atom. The molecule has 2 aromatic rings. The molecule has 1 N–H and O–H groups in total. The van der Waals surface area contributed by atoms with Crippen LogP contribution in [0.25, 0.3) is 0 Å². The van der Waals surface area contributed by atoms with Gasteiger partial charge in [0.15, 0.2) is 6.61 Å². The lowest BCUT2D eigenvalue weighted by molar-refractivity contribution is -0.147. The predicted molar refractivity (Wildman–Crippen MR) is 87.9 cm³/mol. The first kappa shape index (κ1) is 17.5. The van der Waals surface area contributed by atoms with Crippen LogP contribution in [0.3, 0.4) is 0 Å². The second kappa shape index (κ2) is 8.10. The maximum atomic E-state index is 11.7. The van der Waals surface area contributed by atoms with Gasteiger partial charge in [-0.05, 0) is 29.1 Å². The molecule has 0 aliphatic heterocycles. The fourth-order valence-corrected chi connectivity index (χ4v) is 2.59. The molecule has 0 saturated heterocycles. The molecule has 1 aromatic carbocycles. The summed E-state index contributed by atoms with van der Waals surface area (Å²) in [5, 5.41) is 4.57. The number of carbonyl (C=O) groups is 3. The van der Waals surface area contributed by atoms with Gasteiger partial charge in [-0.2, -0.15) is 0 Å². The minimum atomic E-state index is -0.689. The van der Waals surface area contributed by atoms with Crippen LogP contribution >= 0.6 is 34.5 Å². The third kappa shape index (κ3) is 5.35. The number of ether oxygens (including phenoxy) is 1. The molecule has 2 rings (SSSR count). The first-order valence-corrected chi connectivity index (χ1v) is 8.06. The number of benzene rings is 1. The highest BCUT2D eigenvalue weighted by Gasteiger charge is 2.13. The number of nitrogens with one attached hydrogen (secondary N) is 1. The van der Waals surface area contributed by atoms with E-state index in [4.69, 9.17) is 27.9 Å². The Morgan fingerprint density at radius 2 is 1.91 bits per heavy atom. The summed E-state index contributed by atoms with van der Waals surface area (Å²) >= 11 is 12.8. The summed E-state index contributed by atoms with van der Waals surface area (Å²) in [5.74, 6) is -1.82. The first-order valence-electron chi connectivity index (χ1n) is 6.43. The Morgan fingerprint density at radius 3 is 2.57 bits per heavy atom. The van der Waals surface area contributed by atoms with E-state index in [0.29, 0.717) is 20.5 Å². The zero-order valence-electron chi connectivity index (χ0n) is 11.7. The molecule has 120 valence electrons. The fraction of sp³-hybridized carbons (Fsp3) is 0.133. The van der Waals surface area contributed by atoms with Gasteiger partial charge in [0.1, 0.15) is 0 Å². The van der Waals surface area contributed by atoms with E-state index in [1.54, 1.807) is 35.7 Å². The highest BCUT2D eigenvalue weighted by Crippen LogP contribution is 2.22. The van der Waals surface area contributed by atoms with Crippen LogP contribution in [-0.2, 0) is 20.7 Å². The number of amides is 2. The summed E-state index contributed by atoms with van der Waals surface area (Å²) < 4.78 is 4.82.